The quantitative estimate of drug-likeness (QED) is 0.372. The average Bonchev–Trinajstić information content (AvgIpc) is 2.57. The van der Waals surface area contributed by atoms with Crippen molar-refractivity contribution in [1.29, 1.82) is 0 Å². The summed E-state index contributed by atoms with van der Waals surface area (Å²) in [6.45, 7) is 12.5. The van der Waals surface area contributed by atoms with Gasteiger partial charge in [0.25, 0.3) is 0 Å². The van der Waals surface area contributed by atoms with E-state index < -0.39 is 19.7 Å². The van der Waals surface area contributed by atoms with E-state index in [9.17, 15) is 4.79 Å². The van der Waals surface area contributed by atoms with Gasteiger partial charge in [0.1, 0.15) is 11.6 Å². The minimum absolute atomic E-state index is 0.241. The molecule has 4 heteroatoms. The molecule has 0 aliphatic heterocycles. The maximum Gasteiger partial charge on any atom is 0.331 e. The van der Waals surface area contributed by atoms with Crippen LogP contribution < -0.4 is 0 Å². The van der Waals surface area contributed by atoms with Gasteiger partial charge < -0.3 is 4.74 Å². The number of aliphatic imine (C=N–C) groups is 1. The van der Waals surface area contributed by atoms with Gasteiger partial charge in [-0.05, 0) is 26.8 Å². The molecule has 0 aliphatic rings. The molecular weight excluding hydrogens is 350 g/mol. The molecule has 0 bridgehead atoms. The number of carbonyl (C=O) groups excluding carboxylic acids is 1. The Morgan fingerprint density at radius 1 is 0.926 bits per heavy atom. The lowest BCUT2D eigenvalue weighted by atomic mass is 10.0. The van der Waals surface area contributed by atoms with Crippen LogP contribution in [0, 0.1) is 0 Å². The zero-order valence-corrected chi connectivity index (χ0v) is 18.3. The van der Waals surface area contributed by atoms with E-state index in [1.807, 2.05) is 81.4 Å². The molecule has 0 saturated heterocycles. The first kappa shape index (κ1) is 21.1. The molecule has 0 radical (unpaired) electrons. The van der Waals surface area contributed by atoms with Crippen LogP contribution in [-0.2, 0) is 9.53 Å². The van der Waals surface area contributed by atoms with Crippen LogP contribution in [0.15, 0.2) is 65.7 Å². The minimum atomic E-state index is -1.54. The van der Waals surface area contributed by atoms with Crippen molar-refractivity contribution in [3.05, 3.63) is 71.8 Å². The third-order valence-corrected chi connectivity index (χ3v) is 5.48. The molecule has 0 N–H and O–H groups in total. The molecule has 2 rings (SSSR count). The number of ether oxygens (including phenoxy) is 1. The van der Waals surface area contributed by atoms with Gasteiger partial charge in [-0.1, -0.05) is 80.3 Å². The van der Waals surface area contributed by atoms with Gasteiger partial charge >= 0.3 is 5.97 Å². The topological polar surface area (TPSA) is 38.7 Å². The van der Waals surface area contributed by atoms with E-state index >= 15 is 0 Å². The summed E-state index contributed by atoms with van der Waals surface area (Å²) in [4.78, 5) is 17.9. The fourth-order valence-corrected chi connectivity index (χ4v) is 4.21. The number of rotatable bonds is 6. The molecule has 27 heavy (non-hydrogen) atoms. The third-order valence-electron chi connectivity index (χ3n) is 3.86. The number of esters is 1. The van der Waals surface area contributed by atoms with Crippen molar-refractivity contribution in [3.8, 4) is 0 Å². The van der Waals surface area contributed by atoms with E-state index in [0.29, 0.717) is 0 Å². The molecule has 0 aliphatic carbocycles. The molecule has 1 atom stereocenters. The van der Waals surface area contributed by atoms with E-state index in [0.717, 1.165) is 22.9 Å². The van der Waals surface area contributed by atoms with Crippen molar-refractivity contribution in [2.75, 3.05) is 0 Å². The SMILES string of the molecule is CC(C)(C)OC(=O)[C@@H](C[Si](C)(C)C)N=C(c1ccccc1)c1ccccc1. The normalized spacial score (nSPS) is 13.0. The molecule has 3 nitrogen and oxygen atoms in total. The largest absolute Gasteiger partial charge is 0.458 e. The summed E-state index contributed by atoms with van der Waals surface area (Å²) in [6.07, 6.45) is 0. The number of nitrogens with zero attached hydrogens (tertiary/aromatic N) is 1. The summed E-state index contributed by atoms with van der Waals surface area (Å²) in [5, 5.41) is 0. The van der Waals surface area contributed by atoms with Gasteiger partial charge in [-0.25, -0.2) is 4.79 Å². The van der Waals surface area contributed by atoms with Crippen molar-refractivity contribution in [3.63, 3.8) is 0 Å². The third kappa shape index (κ3) is 7.14. The zero-order chi connectivity index (χ0) is 20.1. The summed E-state index contributed by atoms with van der Waals surface area (Å²) >= 11 is 0. The summed E-state index contributed by atoms with van der Waals surface area (Å²) in [5.41, 5.74) is 2.33. The summed E-state index contributed by atoms with van der Waals surface area (Å²) in [5.74, 6) is -0.241. The Hall–Kier alpha value is -2.20. The number of hydrogen-bond acceptors (Lipinski definition) is 3. The maximum atomic E-state index is 12.9. The Balaban J connectivity index is 2.51. The Labute approximate surface area is 164 Å². The van der Waals surface area contributed by atoms with Gasteiger partial charge in [0.2, 0.25) is 0 Å². The molecule has 0 amide bonds. The Morgan fingerprint density at radius 3 is 1.74 bits per heavy atom. The van der Waals surface area contributed by atoms with Crippen LogP contribution in [-0.4, -0.2) is 31.4 Å². The number of hydrogen-bond donors (Lipinski definition) is 0. The highest BCUT2D eigenvalue weighted by atomic mass is 28.3. The maximum absolute atomic E-state index is 12.9. The highest BCUT2D eigenvalue weighted by molar-refractivity contribution is 6.76. The lowest BCUT2D eigenvalue weighted by molar-refractivity contribution is -0.155. The first-order valence-corrected chi connectivity index (χ1v) is 13.2. The second-order valence-electron chi connectivity index (χ2n) is 9.02. The lowest BCUT2D eigenvalue weighted by Gasteiger charge is -2.26. The Morgan fingerprint density at radius 2 is 1.37 bits per heavy atom. The smallest absolute Gasteiger partial charge is 0.331 e. The van der Waals surface area contributed by atoms with Crippen LogP contribution in [0.2, 0.25) is 25.7 Å². The second-order valence-corrected chi connectivity index (χ2v) is 14.6. The molecule has 144 valence electrons. The molecule has 0 spiro atoms. The minimum Gasteiger partial charge on any atom is -0.458 e. The van der Waals surface area contributed by atoms with Crippen LogP contribution in [0.3, 0.4) is 0 Å². The summed E-state index contributed by atoms with van der Waals surface area (Å²) in [7, 11) is -1.54. The predicted octanol–water partition coefficient (Wildman–Crippen LogP) is 5.57. The van der Waals surface area contributed by atoms with Gasteiger partial charge in [-0.3, -0.25) is 4.99 Å². The van der Waals surface area contributed by atoms with Gasteiger partial charge in [-0.2, -0.15) is 0 Å². The van der Waals surface area contributed by atoms with Crippen LogP contribution in [0.5, 0.6) is 0 Å². The van der Waals surface area contributed by atoms with Crippen LogP contribution in [0.25, 0.3) is 0 Å². The first-order valence-electron chi connectivity index (χ1n) is 9.47. The second kappa shape index (κ2) is 8.66. The Kier molecular flexibility index (Phi) is 6.77. The molecule has 0 heterocycles. The molecule has 2 aromatic rings. The van der Waals surface area contributed by atoms with E-state index in [1.54, 1.807) is 0 Å². The molecular formula is C23H31NO2Si. The highest BCUT2D eigenvalue weighted by Gasteiger charge is 2.30. The van der Waals surface area contributed by atoms with E-state index in [-0.39, 0.29) is 5.97 Å². The number of carbonyl (C=O) groups is 1. The number of benzene rings is 2. The van der Waals surface area contributed by atoms with Crippen molar-refractivity contribution in [1.82, 2.24) is 0 Å². The van der Waals surface area contributed by atoms with Crippen molar-refractivity contribution < 1.29 is 9.53 Å². The van der Waals surface area contributed by atoms with Crippen LogP contribution >= 0.6 is 0 Å². The summed E-state index contributed by atoms with van der Waals surface area (Å²) in [6, 6.07) is 20.3. The molecule has 0 unspecified atom stereocenters. The first-order chi connectivity index (χ1) is 12.6. The van der Waals surface area contributed by atoms with E-state index in [4.69, 9.17) is 9.73 Å². The van der Waals surface area contributed by atoms with Gasteiger partial charge in [0.05, 0.1) is 5.71 Å². The Bertz CT molecular complexity index is 730. The highest BCUT2D eigenvalue weighted by Crippen LogP contribution is 2.21. The molecule has 0 saturated carbocycles. The average molecular weight is 382 g/mol. The predicted molar refractivity (Wildman–Crippen MR) is 116 cm³/mol. The zero-order valence-electron chi connectivity index (χ0n) is 17.3. The van der Waals surface area contributed by atoms with Gasteiger partial charge in [-0.15, -0.1) is 0 Å². The van der Waals surface area contributed by atoms with Crippen molar-refractivity contribution in [2.45, 2.75) is 58.1 Å². The molecule has 0 aromatic heterocycles. The lowest BCUT2D eigenvalue weighted by Crippen LogP contribution is -2.36. The summed E-state index contributed by atoms with van der Waals surface area (Å²) < 4.78 is 5.69. The van der Waals surface area contributed by atoms with Gasteiger partial charge in [0.15, 0.2) is 0 Å². The molecule has 2 aromatic carbocycles. The fourth-order valence-electron chi connectivity index (χ4n) is 2.80. The monoisotopic (exact) mass is 381 g/mol. The van der Waals surface area contributed by atoms with Crippen molar-refractivity contribution in [2.24, 2.45) is 4.99 Å². The van der Waals surface area contributed by atoms with E-state index in [2.05, 4.69) is 19.6 Å². The fraction of sp³-hybridized carbons (Fsp3) is 0.391. The standard InChI is InChI=1S/C23H31NO2Si/c1-23(2,3)26-22(25)20(17-27(4,5)6)24-21(18-13-9-7-10-14-18)19-15-11-8-12-16-19/h7-16,20H,17H2,1-6H3/t20-/m1/s1. The van der Waals surface area contributed by atoms with Crippen LogP contribution in [0.4, 0.5) is 0 Å². The van der Waals surface area contributed by atoms with E-state index in [1.165, 1.54) is 0 Å². The van der Waals surface area contributed by atoms with Crippen molar-refractivity contribution >= 4 is 19.8 Å². The van der Waals surface area contributed by atoms with Crippen LogP contribution in [0.1, 0.15) is 31.9 Å². The molecule has 0 fully saturated rings. The van der Waals surface area contributed by atoms with Gasteiger partial charge in [0, 0.05) is 19.2 Å².